The minimum atomic E-state index is -0.565. The lowest BCUT2D eigenvalue weighted by molar-refractivity contribution is 0.0600. The molecule has 0 bridgehead atoms. The number of nitrogens with zero attached hydrogens (tertiary/aromatic N) is 2. The third-order valence-electron chi connectivity index (χ3n) is 2.06. The summed E-state index contributed by atoms with van der Waals surface area (Å²) in [5.74, 6) is -0.421. The van der Waals surface area contributed by atoms with Gasteiger partial charge in [-0.2, -0.15) is 0 Å². The van der Waals surface area contributed by atoms with Crippen molar-refractivity contribution in [3.8, 4) is 17.5 Å². The summed E-state index contributed by atoms with van der Waals surface area (Å²) in [7, 11) is 1.26. The first-order valence-corrected chi connectivity index (χ1v) is 5.06. The predicted octanol–water partition coefficient (Wildman–Crippen LogP) is 1.76. The molecule has 18 heavy (non-hydrogen) atoms. The van der Waals surface area contributed by atoms with Crippen LogP contribution in [0.15, 0.2) is 36.7 Å². The van der Waals surface area contributed by atoms with Gasteiger partial charge in [0.05, 0.1) is 12.7 Å². The van der Waals surface area contributed by atoms with Crippen LogP contribution < -0.4 is 4.74 Å². The molecule has 0 aliphatic heterocycles. The number of carbonyl (C=O) groups excluding carboxylic acids is 1. The molecule has 0 saturated carbocycles. The molecule has 0 fully saturated rings. The first kappa shape index (κ1) is 11.8. The van der Waals surface area contributed by atoms with E-state index in [4.69, 9.17) is 4.74 Å². The van der Waals surface area contributed by atoms with Crippen LogP contribution in [0.2, 0.25) is 0 Å². The molecule has 0 aliphatic carbocycles. The topological polar surface area (TPSA) is 81.5 Å². The summed E-state index contributed by atoms with van der Waals surface area (Å²) in [6, 6.07) is 5.84. The summed E-state index contributed by atoms with van der Waals surface area (Å²) in [6.45, 7) is 0. The molecule has 0 aliphatic rings. The number of hydrogen-bond acceptors (Lipinski definition) is 6. The summed E-state index contributed by atoms with van der Waals surface area (Å²) >= 11 is 0. The second kappa shape index (κ2) is 5.13. The van der Waals surface area contributed by atoms with Crippen LogP contribution in [0.4, 0.5) is 0 Å². The molecule has 0 amide bonds. The van der Waals surface area contributed by atoms with Crippen LogP contribution in [0.3, 0.4) is 0 Å². The highest BCUT2D eigenvalue weighted by molar-refractivity contribution is 5.90. The van der Waals surface area contributed by atoms with Crippen LogP contribution in [-0.2, 0) is 4.74 Å². The van der Waals surface area contributed by atoms with Gasteiger partial charge in [-0.3, -0.25) is 0 Å². The molecular formula is C12H10N2O4. The van der Waals surface area contributed by atoms with Crippen molar-refractivity contribution in [2.24, 2.45) is 0 Å². The van der Waals surface area contributed by atoms with E-state index >= 15 is 0 Å². The van der Waals surface area contributed by atoms with E-state index in [1.165, 1.54) is 37.7 Å². The van der Waals surface area contributed by atoms with Gasteiger partial charge in [-0.25, -0.2) is 14.8 Å². The van der Waals surface area contributed by atoms with E-state index in [2.05, 4.69) is 14.7 Å². The number of aromatic hydroxyl groups is 1. The molecule has 2 aromatic rings. The SMILES string of the molecule is COC(=O)c1cc(O)cc(Oc2ncccn2)c1. The van der Waals surface area contributed by atoms with E-state index in [0.29, 0.717) is 0 Å². The zero-order chi connectivity index (χ0) is 13.0. The molecule has 1 N–H and O–H groups in total. The van der Waals surface area contributed by atoms with Gasteiger partial charge in [-0.15, -0.1) is 0 Å². The van der Waals surface area contributed by atoms with Gasteiger partial charge in [0.25, 0.3) is 0 Å². The Hall–Kier alpha value is -2.63. The quantitative estimate of drug-likeness (QED) is 0.831. The van der Waals surface area contributed by atoms with Crippen LogP contribution in [0.5, 0.6) is 17.5 Å². The van der Waals surface area contributed by atoms with Crippen molar-refractivity contribution in [3.63, 3.8) is 0 Å². The van der Waals surface area contributed by atoms with Gasteiger partial charge in [0, 0.05) is 18.5 Å². The lowest BCUT2D eigenvalue weighted by atomic mass is 10.2. The fourth-order valence-electron chi connectivity index (χ4n) is 1.32. The molecular weight excluding hydrogens is 236 g/mol. The number of phenolic OH excluding ortho intramolecular Hbond substituents is 1. The Morgan fingerprint density at radius 3 is 2.61 bits per heavy atom. The van der Waals surface area contributed by atoms with E-state index in [1.807, 2.05) is 0 Å². The van der Waals surface area contributed by atoms with Crippen molar-refractivity contribution in [3.05, 3.63) is 42.2 Å². The Morgan fingerprint density at radius 2 is 1.94 bits per heavy atom. The fraction of sp³-hybridized carbons (Fsp3) is 0.0833. The third kappa shape index (κ3) is 2.73. The minimum absolute atomic E-state index is 0.108. The number of hydrogen-bond donors (Lipinski definition) is 1. The highest BCUT2D eigenvalue weighted by atomic mass is 16.5. The van der Waals surface area contributed by atoms with Crippen molar-refractivity contribution in [2.75, 3.05) is 7.11 Å². The van der Waals surface area contributed by atoms with Crippen molar-refractivity contribution >= 4 is 5.97 Å². The number of methoxy groups -OCH3 is 1. The molecule has 6 nitrogen and oxygen atoms in total. The largest absolute Gasteiger partial charge is 0.508 e. The Labute approximate surface area is 103 Å². The maximum Gasteiger partial charge on any atom is 0.338 e. The Kier molecular flexibility index (Phi) is 3.38. The van der Waals surface area contributed by atoms with E-state index in [9.17, 15) is 9.90 Å². The number of ether oxygens (including phenoxy) is 2. The second-order valence-corrected chi connectivity index (χ2v) is 3.34. The van der Waals surface area contributed by atoms with Gasteiger partial charge >= 0.3 is 12.0 Å². The van der Waals surface area contributed by atoms with Crippen molar-refractivity contribution < 1.29 is 19.4 Å². The van der Waals surface area contributed by atoms with Crippen molar-refractivity contribution in [1.29, 1.82) is 0 Å². The van der Waals surface area contributed by atoms with Crippen LogP contribution >= 0.6 is 0 Å². The number of esters is 1. The van der Waals surface area contributed by atoms with Gasteiger partial charge in [-0.1, -0.05) is 0 Å². The van der Waals surface area contributed by atoms with Crippen LogP contribution in [0, 0.1) is 0 Å². The highest BCUT2D eigenvalue weighted by Crippen LogP contribution is 2.25. The van der Waals surface area contributed by atoms with E-state index in [0.717, 1.165) is 0 Å². The smallest absolute Gasteiger partial charge is 0.338 e. The number of carbonyl (C=O) groups is 1. The molecule has 1 heterocycles. The van der Waals surface area contributed by atoms with Gasteiger partial charge < -0.3 is 14.6 Å². The lowest BCUT2D eigenvalue weighted by Crippen LogP contribution is -2.01. The normalized spacial score (nSPS) is 9.83. The van der Waals surface area contributed by atoms with Crippen molar-refractivity contribution in [2.45, 2.75) is 0 Å². The Bertz CT molecular complexity index is 557. The first-order valence-electron chi connectivity index (χ1n) is 5.06. The number of rotatable bonds is 3. The van der Waals surface area contributed by atoms with E-state index in [1.54, 1.807) is 6.07 Å². The highest BCUT2D eigenvalue weighted by Gasteiger charge is 2.10. The standard InChI is InChI=1S/C12H10N2O4/c1-17-11(16)8-5-9(15)7-10(6-8)18-12-13-3-2-4-14-12/h2-7,15H,1H3. The van der Waals surface area contributed by atoms with Gasteiger partial charge in [-0.05, 0) is 18.2 Å². The molecule has 1 aromatic heterocycles. The zero-order valence-electron chi connectivity index (χ0n) is 9.53. The number of aromatic nitrogens is 2. The minimum Gasteiger partial charge on any atom is -0.508 e. The molecule has 0 spiro atoms. The van der Waals surface area contributed by atoms with Crippen LogP contribution in [0.1, 0.15) is 10.4 Å². The Balaban J connectivity index is 2.28. The summed E-state index contributed by atoms with van der Waals surface area (Å²) in [6.07, 6.45) is 3.04. The summed E-state index contributed by atoms with van der Waals surface area (Å²) < 4.78 is 9.86. The number of phenols is 1. The average Bonchev–Trinajstić information content (AvgIpc) is 2.38. The van der Waals surface area contributed by atoms with Gasteiger partial charge in [0.2, 0.25) is 0 Å². The molecule has 0 radical (unpaired) electrons. The molecule has 0 atom stereocenters. The first-order chi connectivity index (χ1) is 8.69. The van der Waals surface area contributed by atoms with Gasteiger partial charge in [0.1, 0.15) is 11.5 Å². The average molecular weight is 246 g/mol. The summed E-state index contributed by atoms with van der Waals surface area (Å²) in [5, 5.41) is 9.49. The molecule has 6 heteroatoms. The monoisotopic (exact) mass is 246 g/mol. The molecule has 2 rings (SSSR count). The van der Waals surface area contributed by atoms with Crippen LogP contribution in [0.25, 0.3) is 0 Å². The van der Waals surface area contributed by atoms with E-state index in [-0.39, 0.29) is 23.1 Å². The molecule has 0 saturated heterocycles. The number of benzene rings is 1. The maximum atomic E-state index is 11.4. The van der Waals surface area contributed by atoms with Crippen LogP contribution in [-0.4, -0.2) is 28.2 Å². The maximum absolute atomic E-state index is 11.4. The predicted molar refractivity (Wildman–Crippen MR) is 61.6 cm³/mol. The summed E-state index contributed by atoms with van der Waals surface area (Å²) in [4.78, 5) is 19.1. The van der Waals surface area contributed by atoms with Crippen molar-refractivity contribution in [1.82, 2.24) is 9.97 Å². The molecule has 1 aromatic carbocycles. The zero-order valence-corrected chi connectivity index (χ0v) is 9.53. The third-order valence-corrected chi connectivity index (χ3v) is 2.06. The van der Waals surface area contributed by atoms with E-state index < -0.39 is 5.97 Å². The lowest BCUT2D eigenvalue weighted by Gasteiger charge is -2.06. The molecule has 0 unspecified atom stereocenters. The summed E-state index contributed by atoms with van der Waals surface area (Å²) in [5.41, 5.74) is 0.184. The fourth-order valence-corrected chi connectivity index (χ4v) is 1.32. The molecule has 92 valence electrons. The Morgan fingerprint density at radius 1 is 1.22 bits per heavy atom. The van der Waals surface area contributed by atoms with Gasteiger partial charge in [0.15, 0.2) is 0 Å². The second-order valence-electron chi connectivity index (χ2n) is 3.34.